The Morgan fingerprint density at radius 1 is 0.964 bits per heavy atom. The van der Waals surface area contributed by atoms with Gasteiger partial charge < -0.3 is 9.64 Å². The summed E-state index contributed by atoms with van der Waals surface area (Å²) in [4.78, 5) is 2.69. The molecule has 6 heteroatoms. The van der Waals surface area contributed by atoms with Crippen LogP contribution in [0.15, 0.2) is 41.3 Å². The number of hydrogen-bond acceptors (Lipinski definition) is 4. The van der Waals surface area contributed by atoms with E-state index in [9.17, 15) is 8.42 Å². The lowest BCUT2D eigenvalue weighted by Gasteiger charge is -2.29. The summed E-state index contributed by atoms with van der Waals surface area (Å²) >= 11 is 0. The monoisotopic (exact) mass is 402 g/mol. The summed E-state index contributed by atoms with van der Waals surface area (Å²) in [6.07, 6.45) is 3.77. The zero-order valence-corrected chi connectivity index (χ0v) is 18.0. The van der Waals surface area contributed by atoms with Crippen LogP contribution in [0.1, 0.15) is 48.9 Å². The molecule has 152 valence electrons. The van der Waals surface area contributed by atoms with Gasteiger partial charge in [0.05, 0.1) is 12.0 Å². The van der Waals surface area contributed by atoms with E-state index in [1.54, 1.807) is 19.2 Å². The highest BCUT2D eigenvalue weighted by molar-refractivity contribution is 7.89. The van der Waals surface area contributed by atoms with E-state index in [-0.39, 0.29) is 6.04 Å². The molecule has 0 aliphatic carbocycles. The van der Waals surface area contributed by atoms with Crippen molar-refractivity contribution in [3.05, 3.63) is 53.1 Å². The first kappa shape index (κ1) is 20.7. The number of nitrogens with zero attached hydrogens (tertiary/aromatic N) is 1. The molecule has 0 saturated carbocycles. The molecule has 3 rings (SSSR count). The second-order valence-corrected chi connectivity index (χ2v) is 9.18. The number of benzene rings is 2. The molecule has 2 aromatic carbocycles. The third-order valence-corrected chi connectivity index (χ3v) is 7.33. The Balaban J connectivity index is 1.76. The summed E-state index contributed by atoms with van der Waals surface area (Å²) in [6.45, 7) is 7.74. The topological polar surface area (TPSA) is 58.6 Å². The third-order valence-electron chi connectivity index (χ3n) is 5.64. The molecule has 1 atom stereocenters. The van der Waals surface area contributed by atoms with E-state index in [2.05, 4.69) is 21.8 Å². The van der Waals surface area contributed by atoms with Crippen LogP contribution in [0.3, 0.4) is 0 Å². The Bertz CT molecular complexity index is 918. The van der Waals surface area contributed by atoms with E-state index in [1.165, 1.54) is 24.9 Å². The van der Waals surface area contributed by atoms with Crippen molar-refractivity contribution in [2.24, 2.45) is 0 Å². The Morgan fingerprint density at radius 3 is 2.21 bits per heavy atom. The number of nitrogens with one attached hydrogen (secondary N) is 1. The van der Waals surface area contributed by atoms with Crippen molar-refractivity contribution in [3.63, 3.8) is 0 Å². The van der Waals surface area contributed by atoms with Gasteiger partial charge in [-0.2, -0.15) is 0 Å². The second kappa shape index (κ2) is 8.53. The summed E-state index contributed by atoms with van der Waals surface area (Å²) in [5.41, 5.74) is 3.70. The lowest BCUT2D eigenvalue weighted by Crippen LogP contribution is -2.29. The van der Waals surface area contributed by atoms with Gasteiger partial charge in [0, 0.05) is 24.8 Å². The van der Waals surface area contributed by atoms with Gasteiger partial charge in [0.25, 0.3) is 0 Å². The van der Waals surface area contributed by atoms with E-state index in [0.717, 1.165) is 24.2 Å². The fraction of sp³-hybridized carbons (Fsp3) is 0.455. The average molecular weight is 403 g/mol. The molecule has 1 aliphatic heterocycles. The number of piperidine rings is 1. The smallest absolute Gasteiger partial charge is 0.241 e. The van der Waals surface area contributed by atoms with E-state index in [0.29, 0.717) is 16.2 Å². The lowest BCUT2D eigenvalue weighted by atomic mass is 10.1. The van der Waals surface area contributed by atoms with Gasteiger partial charge >= 0.3 is 0 Å². The van der Waals surface area contributed by atoms with Gasteiger partial charge in [-0.3, -0.25) is 0 Å². The molecule has 1 unspecified atom stereocenters. The SMILES string of the molecule is COc1ccc(S(=O)(=O)NC(C)c2ccc(N3CCCCC3)cc2)c(C)c1C. The molecule has 0 radical (unpaired) electrons. The molecule has 0 bridgehead atoms. The van der Waals surface area contributed by atoms with Gasteiger partial charge in [0.1, 0.15) is 5.75 Å². The Morgan fingerprint density at radius 2 is 1.61 bits per heavy atom. The summed E-state index contributed by atoms with van der Waals surface area (Å²) in [7, 11) is -2.05. The number of hydrogen-bond donors (Lipinski definition) is 1. The summed E-state index contributed by atoms with van der Waals surface area (Å²) < 4.78 is 34.0. The van der Waals surface area contributed by atoms with Crippen LogP contribution in [0.25, 0.3) is 0 Å². The molecule has 0 amide bonds. The average Bonchev–Trinajstić information content (AvgIpc) is 2.70. The number of methoxy groups -OCH3 is 1. The van der Waals surface area contributed by atoms with Crippen molar-refractivity contribution in [2.45, 2.75) is 51.0 Å². The quantitative estimate of drug-likeness (QED) is 0.781. The van der Waals surface area contributed by atoms with Crippen molar-refractivity contribution in [1.82, 2.24) is 4.72 Å². The molecule has 0 spiro atoms. The molecule has 0 aromatic heterocycles. The fourth-order valence-corrected chi connectivity index (χ4v) is 5.31. The van der Waals surface area contributed by atoms with Crippen LogP contribution in [-0.2, 0) is 10.0 Å². The highest BCUT2D eigenvalue weighted by atomic mass is 32.2. The lowest BCUT2D eigenvalue weighted by molar-refractivity contribution is 0.410. The minimum absolute atomic E-state index is 0.294. The molecule has 1 N–H and O–H groups in total. The molecule has 1 heterocycles. The van der Waals surface area contributed by atoms with Crippen molar-refractivity contribution in [1.29, 1.82) is 0 Å². The van der Waals surface area contributed by atoms with E-state index in [4.69, 9.17) is 4.74 Å². The van der Waals surface area contributed by atoms with Gasteiger partial charge in [-0.15, -0.1) is 0 Å². The molecule has 28 heavy (non-hydrogen) atoms. The predicted octanol–water partition coefficient (Wildman–Crippen LogP) is 4.34. The van der Waals surface area contributed by atoms with E-state index in [1.807, 2.05) is 32.9 Å². The molecular weight excluding hydrogens is 372 g/mol. The van der Waals surface area contributed by atoms with Gasteiger partial charge in [-0.25, -0.2) is 13.1 Å². The first-order chi connectivity index (χ1) is 13.3. The van der Waals surface area contributed by atoms with Crippen LogP contribution in [0, 0.1) is 13.8 Å². The van der Waals surface area contributed by atoms with Gasteiger partial charge in [-0.1, -0.05) is 12.1 Å². The fourth-order valence-electron chi connectivity index (χ4n) is 3.77. The molecule has 2 aromatic rings. The third kappa shape index (κ3) is 4.33. The van der Waals surface area contributed by atoms with Gasteiger partial charge in [-0.05, 0) is 81.0 Å². The standard InChI is InChI=1S/C22H30N2O3S/c1-16-17(2)22(13-12-21(16)27-4)28(25,26)23-18(3)19-8-10-20(11-9-19)24-14-6-5-7-15-24/h8-13,18,23H,5-7,14-15H2,1-4H3. The molecule has 1 aliphatic rings. The zero-order chi connectivity index (χ0) is 20.3. The summed E-state index contributed by atoms with van der Waals surface area (Å²) in [6, 6.07) is 11.2. The predicted molar refractivity (Wildman–Crippen MR) is 114 cm³/mol. The van der Waals surface area contributed by atoms with Crippen molar-refractivity contribution < 1.29 is 13.2 Å². The van der Waals surface area contributed by atoms with Crippen molar-refractivity contribution >= 4 is 15.7 Å². The second-order valence-electron chi connectivity index (χ2n) is 7.50. The Kier molecular flexibility index (Phi) is 6.30. The molecular formula is C22H30N2O3S. The number of anilines is 1. The maximum Gasteiger partial charge on any atom is 0.241 e. The number of ether oxygens (including phenoxy) is 1. The number of sulfonamides is 1. The Hall–Kier alpha value is -2.05. The maximum atomic E-state index is 12.9. The minimum atomic E-state index is -3.63. The van der Waals surface area contributed by atoms with Crippen LogP contribution in [0.4, 0.5) is 5.69 Å². The zero-order valence-electron chi connectivity index (χ0n) is 17.2. The van der Waals surface area contributed by atoms with Crippen LogP contribution >= 0.6 is 0 Å². The highest BCUT2D eigenvalue weighted by Gasteiger charge is 2.22. The highest BCUT2D eigenvalue weighted by Crippen LogP contribution is 2.28. The first-order valence-electron chi connectivity index (χ1n) is 9.85. The molecule has 1 fully saturated rings. The van der Waals surface area contributed by atoms with Crippen LogP contribution in [0.5, 0.6) is 5.75 Å². The maximum absolute atomic E-state index is 12.9. The minimum Gasteiger partial charge on any atom is -0.496 e. The van der Waals surface area contributed by atoms with E-state index < -0.39 is 10.0 Å². The summed E-state index contributed by atoms with van der Waals surface area (Å²) in [5.74, 6) is 0.692. The van der Waals surface area contributed by atoms with Crippen molar-refractivity contribution in [3.8, 4) is 5.75 Å². The normalized spacial score (nSPS) is 16.1. The van der Waals surface area contributed by atoms with Gasteiger partial charge in [0.2, 0.25) is 10.0 Å². The molecule has 1 saturated heterocycles. The number of rotatable bonds is 6. The van der Waals surface area contributed by atoms with Crippen LogP contribution < -0.4 is 14.4 Å². The van der Waals surface area contributed by atoms with E-state index >= 15 is 0 Å². The van der Waals surface area contributed by atoms with Crippen molar-refractivity contribution in [2.75, 3.05) is 25.1 Å². The largest absolute Gasteiger partial charge is 0.496 e. The van der Waals surface area contributed by atoms with Crippen LogP contribution in [0.2, 0.25) is 0 Å². The first-order valence-corrected chi connectivity index (χ1v) is 11.3. The molecule has 5 nitrogen and oxygen atoms in total. The summed E-state index contributed by atoms with van der Waals surface area (Å²) in [5, 5.41) is 0. The van der Waals surface area contributed by atoms with Crippen LogP contribution in [-0.4, -0.2) is 28.6 Å². The van der Waals surface area contributed by atoms with Gasteiger partial charge in [0.15, 0.2) is 0 Å². The Labute approximate surface area is 168 Å².